The first-order valence-electron chi connectivity index (χ1n) is 5.92. The molecule has 0 atom stereocenters. The van der Waals surface area contributed by atoms with E-state index in [9.17, 15) is 8.42 Å². The van der Waals surface area contributed by atoms with Crippen molar-refractivity contribution >= 4 is 37.3 Å². The van der Waals surface area contributed by atoms with Crippen molar-refractivity contribution in [1.29, 1.82) is 5.26 Å². The van der Waals surface area contributed by atoms with Crippen LogP contribution in [0, 0.1) is 18.3 Å². The van der Waals surface area contributed by atoms with Crippen molar-refractivity contribution in [3.05, 3.63) is 52.0 Å². The molecule has 0 aliphatic rings. The van der Waals surface area contributed by atoms with Gasteiger partial charge in [0, 0.05) is 10.2 Å². The number of halogens is 1. The molecule has 5 nitrogen and oxygen atoms in total. The maximum absolute atomic E-state index is 12.4. The largest absolute Gasteiger partial charge is 0.398 e. The Balaban J connectivity index is 2.45. The van der Waals surface area contributed by atoms with Gasteiger partial charge in [-0.05, 0) is 52.7 Å². The van der Waals surface area contributed by atoms with Gasteiger partial charge in [0.1, 0.15) is 6.07 Å². The molecular formula is C14H12BrN3O2S. The molecule has 0 aliphatic heterocycles. The molecular weight excluding hydrogens is 354 g/mol. The first-order chi connectivity index (χ1) is 9.85. The number of benzene rings is 2. The minimum absolute atomic E-state index is 0.0639. The van der Waals surface area contributed by atoms with E-state index in [0.29, 0.717) is 21.3 Å². The highest BCUT2D eigenvalue weighted by molar-refractivity contribution is 9.10. The molecule has 0 saturated carbocycles. The lowest BCUT2D eigenvalue weighted by Gasteiger charge is -2.11. The Morgan fingerprint density at radius 1 is 1.29 bits per heavy atom. The standard InChI is InChI=1S/C14H12BrN3O2S/c1-9-3-2-4-14(11(9)8-16)18-21(19,20)10-5-6-13(17)12(15)7-10/h2-7,18H,17H2,1H3. The number of anilines is 2. The monoisotopic (exact) mass is 365 g/mol. The minimum atomic E-state index is -3.79. The van der Waals surface area contributed by atoms with Crippen molar-refractivity contribution < 1.29 is 8.42 Å². The molecule has 0 amide bonds. The predicted molar refractivity (Wildman–Crippen MR) is 85.3 cm³/mol. The van der Waals surface area contributed by atoms with E-state index in [0.717, 1.165) is 0 Å². The van der Waals surface area contributed by atoms with Crippen molar-refractivity contribution in [3.8, 4) is 6.07 Å². The molecule has 108 valence electrons. The highest BCUT2D eigenvalue weighted by atomic mass is 79.9. The molecule has 2 aromatic rings. The quantitative estimate of drug-likeness (QED) is 0.817. The van der Waals surface area contributed by atoms with E-state index in [-0.39, 0.29) is 10.6 Å². The van der Waals surface area contributed by atoms with Gasteiger partial charge in [0.05, 0.1) is 16.1 Å². The van der Waals surface area contributed by atoms with Crippen LogP contribution in [0.1, 0.15) is 11.1 Å². The van der Waals surface area contributed by atoms with Crippen LogP contribution < -0.4 is 10.5 Å². The molecule has 0 fully saturated rings. The van der Waals surface area contributed by atoms with Gasteiger partial charge in [0.15, 0.2) is 0 Å². The number of hydrogen-bond acceptors (Lipinski definition) is 4. The molecule has 0 aromatic heterocycles. The van der Waals surface area contributed by atoms with Crippen molar-refractivity contribution in [1.82, 2.24) is 0 Å². The topological polar surface area (TPSA) is 96.0 Å². The molecule has 0 heterocycles. The summed E-state index contributed by atoms with van der Waals surface area (Å²) in [6.07, 6.45) is 0. The normalized spacial score (nSPS) is 10.9. The first-order valence-corrected chi connectivity index (χ1v) is 8.20. The van der Waals surface area contributed by atoms with E-state index in [1.807, 2.05) is 6.07 Å². The predicted octanol–water partition coefficient (Wildman–Crippen LogP) is 3.01. The molecule has 7 heteroatoms. The lowest BCUT2D eigenvalue weighted by atomic mass is 10.1. The number of hydrogen-bond donors (Lipinski definition) is 2. The summed E-state index contributed by atoms with van der Waals surface area (Å²) in [7, 11) is -3.79. The Kier molecular flexibility index (Phi) is 4.21. The molecule has 0 saturated heterocycles. The lowest BCUT2D eigenvalue weighted by Crippen LogP contribution is -2.14. The summed E-state index contributed by atoms with van der Waals surface area (Å²) in [5, 5.41) is 9.14. The Labute approximate surface area is 131 Å². The van der Waals surface area contributed by atoms with Crippen LogP contribution in [-0.2, 0) is 10.0 Å². The zero-order valence-corrected chi connectivity index (χ0v) is 13.5. The Morgan fingerprint density at radius 3 is 2.62 bits per heavy atom. The molecule has 21 heavy (non-hydrogen) atoms. The molecule has 0 bridgehead atoms. The van der Waals surface area contributed by atoms with Crippen LogP contribution in [0.15, 0.2) is 45.8 Å². The number of nitriles is 1. The van der Waals surface area contributed by atoms with Gasteiger partial charge in [-0.25, -0.2) is 8.42 Å². The molecule has 0 spiro atoms. The average Bonchev–Trinajstić information content (AvgIpc) is 2.41. The van der Waals surface area contributed by atoms with Gasteiger partial charge in [-0.3, -0.25) is 4.72 Å². The smallest absolute Gasteiger partial charge is 0.261 e. The summed E-state index contributed by atoms with van der Waals surface area (Å²) < 4.78 is 27.6. The second-order valence-corrected chi connectivity index (χ2v) is 6.93. The molecule has 2 aromatic carbocycles. The van der Waals surface area contributed by atoms with Crippen LogP contribution in [0.3, 0.4) is 0 Å². The summed E-state index contributed by atoms with van der Waals surface area (Å²) in [4.78, 5) is 0.0639. The SMILES string of the molecule is Cc1cccc(NS(=O)(=O)c2ccc(N)c(Br)c2)c1C#N. The Morgan fingerprint density at radius 2 is 2.00 bits per heavy atom. The van der Waals surface area contributed by atoms with E-state index >= 15 is 0 Å². The summed E-state index contributed by atoms with van der Waals surface area (Å²) in [5.41, 5.74) is 7.35. The van der Waals surface area contributed by atoms with Crippen LogP contribution >= 0.6 is 15.9 Å². The van der Waals surface area contributed by atoms with E-state index < -0.39 is 10.0 Å². The molecule has 3 N–H and O–H groups in total. The van der Waals surface area contributed by atoms with Crippen LogP contribution in [-0.4, -0.2) is 8.42 Å². The third-order valence-electron chi connectivity index (χ3n) is 2.91. The van der Waals surface area contributed by atoms with Crippen LogP contribution in [0.4, 0.5) is 11.4 Å². The summed E-state index contributed by atoms with van der Waals surface area (Å²) in [5.74, 6) is 0. The van der Waals surface area contributed by atoms with Crippen molar-refractivity contribution in [3.63, 3.8) is 0 Å². The molecule has 0 aliphatic carbocycles. The van der Waals surface area contributed by atoms with E-state index in [1.165, 1.54) is 18.2 Å². The van der Waals surface area contributed by atoms with Gasteiger partial charge in [-0.1, -0.05) is 12.1 Å². The lowest BCUT2D eigenvalue weighted by molar-refractivity contribution is 0.601. The average molecular weight is 366 g/mol. The fourth-order valence-corrected chi connectivity index (χ4v) is 3.41. The van der Waals surface area contributed by atoms with Gasteiger partial charge >= 0.3 is 0 Å². The van der Waals surface area contributed by atoms with Gasteiger partial charge in [-0.15, -0.1) is 0 Å². The maximum atomic E-state index is 12.4. The number of nitrogens with zero attached hydrogens (tertiary/aromatic N) is 1. The van der Waals surface area contributed by atoms with E-state index in [1.54, 1.807) is 25.1 Å². The number of nitrogens with two attached hydrogens (primary N) is 1. The van der Waals surface area contributed by atoms with Gasteiger partial charge in [0.2, 0.25) is 0 Å². The zero-order chi connectivity index (χ0) is 15.6. The van der Waals surface area contributed by atoms with Crippen LogP contribution in [0.5, 0.6) is 0 Å². The highest BCUT2D eigenvalue weighted by Crippen LogP contribution is 2.26. The third-order valence-corrected chi connectivity index (χ3v) is 4.96. The first kappa shape index (κ1) is 15.4. The Hall–Kier alpha value is -2.04. The zero-order valence-electron chi connectivity index (χ0n) is 11.1. The molecule has 2 rings (SSSR count). The van der Waals surface area contributed by atoms with Crippen LogP contribution in [0.2, 0.25) is 0 Å². The summed E-state index contributed by atoms with van der Waals surface area (Å²) in [6, 6.07) is 11.3. The number of nitrogens with one attached hydrogen (secondary N) is 1. The minimum Gasteiger partial charge on any atom is -0.398 e. The number of rotatable bonds is 3. The van der Waals surface area contributed by atoms with Crippen molar-refractivity contribution in [2.45, 2.75) is 11.8 Å². The van der Waals surface area contributed by atoms with Crippen molar-refractivity contribution in [2.75, 3.05) is 10.5 Å². The van der Waals surface area contributed by atoms with Gasteiger partial charge in [0.25, 0.3) is 10.0 Å². The van der Waals surface area contributed by atoms with Crippen LogP contribution in [0.25, 0.3) is 0 Å². The number of nitrogen functional groups attached to an aromatic ring is 1. The molecule has 0 unspecified atom stereocenters. The summed E-state index contributed by atoms with van der Waals surface area (Å²) in [6.45, 7) is 1.75. The molecule has 0 radical (unpaired) electrons. The number of sulfonamides is 1. The van der Waals surface area contributed by atoms with Gasteiger partial charge < -0.3 is 5.73 Å². The third kappa shape index (κ3) is 3.17. The highest BCUT2D eigenvalue weighted by Gasteiger charge is 2.17. The van der Waals surface area contributed by atoms with E-state index in [4.69, 9.17) is 11.0 Å². The fourth-order valence-electron chi connectivity index (χ4n) is 1.78. The van der Waals surface area contributed by atoms with Crippen molar-refractivity contribution in [2.24, 2.45) is 0 Å². The second-order valence-electron chi connectivity index (χ2n) is 4.40. The fraction of sp³-hybridized carbons (Fsp3) is 0.0714. The van der Waals surface area contributed by atoms with E-state index in [2.05, 4.69) is 20.7 Å². The van der Waals surface area contributed by atoms with Gasteiger partial charge in [-0.2, -0.15) is 5.26 Å². The maximum Gasteiger partial charge on any atom is 0.261 e. The number of aryl methyl sites for hydroxylation is 1. The second kappa shape index (κ2) is 5.76. The summed E-state index contributed by atoms with van der Waals surface area (Å²) >= 11 is 3.19. The Bertz CT molecular complexity index is 842.